The number of benzene rings is 1. The summed E-state index contributed by atoms with van der Waals surface area (Å²) in [4.78, 5) is 29.9. The van der Waals surface area contributed by atoms with Crippen LogP contribution in [0.1, 0.15) is 10.5 Å². The summed E-state index contributed by atoms with van der Waals surface area (Å²) in [6.45, 7) is 0. The number of aromatic amines is 1. The zero-order valence-electron chi connectivity index (χ0n) is 8.91. The molecule has 0 saturated carbocycles. The second-order valence-corrected chi connectivity index (χ2v) is 3.56. The number of nitrogens with one attached hydrogen (secondary N) is 1. The summed E-state index contributed by atoms with van der Waals surface area (Å²) in [5.41, 5.74) is 5.93. The highest BCUT2D eigenvalue weighted by atomic mass is 16.2. The first-order valence-electron chi connectivity index (χ1n) is 4.98. The van der Waals surface area contributed by atoms with Crippen molar-refractivity contribution in [3.8, 4) is 11.3 Å². The van der Waals surface area contributed by atoms with E-state index in [1.54, 1.807) is 18.2 Å². The number of urea groups is 1. The van der Waals surface area contributed by atoms with Crippen molar-refractivity contribution in [3.63, 3.8) is 0 Å². The van der Waals surface area contributed by atoms with Gasteiger partial charge in [0.05, 0.1) is 5.36 Å². The predicted octanol–water partition coefficient (Wildman–Crippen LogP) is -1.06. The SMILES string of the molecule is NC(=O)c1n[nH]nc1-c1cccc2c1=NC(=O)N=2. The highest BCUT2D eigenvalue weighted by Crippen LogP contribution is 2.14. The van der Waals surface area contributed by atoms with Gasteiger partial charge in [-0.15, -0.1) is 0 Å². The van der Waals surface area contributed by atoms with Gasteiger partial charge in [0.2, 0.25) is 0 Å². The summed E-state index contributed by atoms with van der Waals surface area (Å²) in [5.74, 6) is -0.711. The number of primary amides is 1. The fourth-order valence-electron chi connectivity index (χ4n) is 1.74. The van der Waals surface area contributed by atoms with E-state index in [0.29, 0.717) is 16.3 Å². The molecule has 3 N–H and O–H groups in total. The van der Waals surface area contributed by atoms with E-state index in [4.69, 9.17) is 5.73 Å². The molecule has 88 valence electrons. The van der Waals surface area contributed by atoms with Gasteiger partial charge in [-0.3, -0.25) is 4.79 Å². The second kappa shape index (κ2) is 3.55. The van der Waals surface area contributed by atoms with Crippen molar-refractivity contribution in [1.29, 1.82) is 0 Å². The average Bonchev–Trinajstić information content (AvgIpc) is 2.92. The van der Waals surface area contributed by atoms with E-state index in [9.17, 15) is 9.59 Å². The zero-order valence-corrected chi connectivity index (χ0v) is 8.91. The minimum Gasteiger partial charge on any atom is -0.364 e. The molecule has 1 aromatic carbocycles. The fraction of sp³-hybridized carbons (Fsp3) is 0. The molecule has 3 amide bonds. The lowest BCUT2D eigenvalue weighted by Gasteiger charge is -1.96. The molecule has 2 aromatic rings. The Labute approximate surface area is 99.3 Å². The van der Waals surface area contributed by atoms with Crippen LogP contribution in [0.4, 0.5) is 4.79 Å². The van der Waals surface area contributed by atoms with Crippen LogP contribution in [0.2, 0.25) is 0 Å². The number of fused-ring (bicyclic) bond motifs is 1. The third kappa shape index (κ3) is 1.39. The number of H-pyrrole nitrogens is 1. The molecule has 0 saturated heterocycles. The van der Waals surface area contributed by atoms with Crippen molar-refractivity contribution in [2.45, 2.75) is 0 Å². The van der Waals surface area contributed by atoms with Crippen LogP contribution in [0.5, 0.6) is 0 Å². The Kier molecular flexibility index (Phi) is 2.03. The Morgan fingerprint density at radius 3 is 2.83 bits per heavy atom. The Morgan fingerprint density at radius 1 is 1.22 bits per heavy atom. The van der Waals surface area contributed by atoms with Crippen molar-refractivity contribution in [2.24, 2.45) is 15.7 Å². The van der Waals surface area contributed by atoms with Gasteiger partial charge in [0, 0.05) is 5.56 Å². The summed E-state index contributed by atoms with van der Waals surface area (Å²) < 4.78 is 0. The average molecular weight is 242 g/mol. The summed E-state index contributed by atoms with van der Waals surface area (Å²) in [5, 5.41) is 10.7. The third-order valence-electron chi connectivity index (χ3n) is 2.47. The van der Waals surface area contributed by atoms with Crippen LogP contribution in [0.3, 0.4) is 0 Å². The first-order chi connectivity index (χ1) is 8.66. The number of rotatable bonds is 2. The molecule has 8 nitrogen and oxygen atoms in total. The largest absolute Gasteiger partial charge is 0.368 e. The molecule has 0 aliphatic carbocycles. The second-order valence-electron chi connectivity index (χ2n) is 3.56. The summed E-state index contributed by atoms with van der Waals surface area (Å²) in [6, 6.07) is 4.42. The Morgan fingerprint density at radius 2 is 2.06 bits per heavy atom. The number of amides is 3. The molecular formula is C10H6N6O2. The van der Waals surface area contributed by atoms with Gasteiger partial charge in [0.25, 0.3) is 5.91 Å². The molecule has 18 heavy (non-hydrogen) atoms. The van der Waals surface area contributed by atoms with Crippen LogP contribution < -0.4 is 16.4 Å². The lowest BCUT2D eigenvalue weighted by Crippen LogP contribution is -2.24. The maximum absolute atomic E-state index is 11.2. The Balaban J connectivity index is 2.34. The van der Waals surface area contributed by atoms with Crippen LogP contribution in [0, 0.1) is 0 Å². The van der Waals surface area contributed by atoms with Gasteiger partial charge in [-0.2, -0.15) is 25.4 Å². The standard InChI is InChI=1S/C10H6N6O2/c11-9(17)8-7(14-16-15-8)4-2-1-3-5-6(4)13-10(18)12-5/h1-3H,(H2,11,17)(H,14,15,16). The summed E-state index contributed by atoms with van der Waals surface area (Å²) in [6.07, 6.45) is 0. The van der Waals surface area contributed by atoms with Gasteiger partial charge >= 0.3 is 6.03 Å². The van der Waals surface area contributed by atoms with E-state index in [0.717, 1.165) is 0 Å². The van der Waals surface area contributed by atoms with E-state index < -0.39 is 11.9 Å². The molecule has 0 spiro atoms. The highest BCUT2D eigenvalue weighted by molar-refractivity contribution is 5.96. The van der Waals surface area contributed by atoms with Crippen molar-refractivity contribution in [2.75, 3.05) is 0 Å². The molecule has 0 atom stereocenters. The molecule has 1 aliphatic rings. The van der Waals surface area contributed by atoms with Gasteiger partial charge in [0.1, 0.15) is 11.1 Å². The number of nitrogens with zero attached hydrogens (tertiary/aromatic N) is 4. The van der Waals surface area contributed by atoms with Crippen LogP contribution in [0.15, 0.2) is 28.2 Å². The topological polar surface area (TPSA) is 126 Å². The number of para-hydroxylation sites is 1. The van der Waals surface area contributed by atoms with Crippen LogP contribution in [0.25, 0.3) is 11.3 Å². The molecule has 2 heterocycles. The summed E-state index contributed by atoms with van der Waals surface area (Å²) >= 11 is 0. The number of carbonyl (C=O) groups excluding carboxylic acids is 2. The smallest absolute Gasteiger partial charge is 0.364 e. The van der Waals surface area contributed by atoms with Crippen LogP contribution >= 0.6 is 0 Å². The molecule has 3 rings (SSSR count). The number of hydrogen-bond donors (Lipinski definition) is 2. The van der Waals surface area contributed by atoms with Crippen molar-refractivity contribution in [3.05, 3.63) is 34.6 Å². The Bertz CT molecular complexity index is 791. The van der Waals surface area contributed by atoms with Gasteiger partial charge in [-0.25, -0.2) is 4.79 Å². The lowest BCUT2D eigenvalue weighted by atomic mass is 10.1. The molecule has 0 radical (unpaired) electrons. The minimum atomic E-state index is -0.711. The monoisotopic (exact) mass is 242 g/mol. The molecule has 8 heteroatoms. The maximum atomic E-state index is 11.2. The van der Waals surface area contributed by atoms with Gasteiger partial charge in [0.15, 0.2) is 5.69 Å². The summed E-state index contributed by atoms with van der Waals surface area (Å²) in [7, 11) is 0. The molecular weight excluding hydrogens is 236 g/mol. The van der Waals surface area contributed by atoms with Crippen molar-refractivity contribution >= 4 is 11.9 Å². The molecule has 1 aromatic heterocycles. The predicted molar refractivity (Wildman–Crippen MR) is 58.0 cm³/mol. The zero-order chi connectivity index (χ0) is 12.7. The Hall–Kier alpha value is -2.90. The van der Waals surface area contributed by atoms with E-state index in [1.165, 1.54) is 0 Å². The van der Waals surface area contributed by atoms with Crippen molar-refractivity contribution < 1.29 is 9.59 Å². The van der Waals surface area contributed by atoms with Crippen LogP contribution in [-0.2, 0) is 0 Å². The van der Waals surface area contributed by atoms with E-state index in [2.05, 4.69) is 25.4 Å². The van der Waals surface area contributed by atoms with Gasteiger partial charge in [-0.1, -0.05) is 12.1 Å². The lowest BCUT2D eigenvalue weighted by molar-refractivity contribution is 0.0996. The first kappa shape index (κ1) is 10.3. The van der Waals surface area contributed by atoms with E-state index in [-0.39, 0.29) is 11.4 Å². The van der Waals surface area contributed by atoms with E-state index in [1.807, 2.05) is 0 Å². The van der Waals surface area contributed by atoms with Gasteiger partial charge in [-0.05, 0) is 6.07 Å². The maximum Gasteiger partial charge on any atom is 0.368 e. The van der Waals surface area contributed by atoms with Gasteiger partial charge < -0.3 is 5.73 Å². The molecule has 0 unspecified atom stereocenters. The quantitative estimate of drug-likeness (QED) is 0.696. The normalized spacial score (nSPS) is 12.8. The molecule has 0 bridgehead atoms. The molecule has 0 fully saturated rings. The minimum absolute atomic E-state index is 0.00190. The fourth-order valence-corrected chi connectivity index (χ4v) is 1.74. The number of nitrogens with two attached hydrogens (primary N) is 1. The van der Waals surface area contributed by atoms with E-state index >= 15 is 0 Å². The number of carbonyl (C=O) groups is 2. The van der Waals surface area contributed by atoms with Crippen molar-refractivity contribution in [1.82, 2.24) is 15.4 Å². The number of hydrogen-bond acceptors (Lipinski definition) is 4. The highest BCUT2D eigenvalue weighted by Gasteiger charge is 2.18. The third-order valence-corrected chi connectivity index (χ3v) is 2.47. The first-order valence-corrected chi connectivity index (χ1v) is 4.98. The van der Waals surface area contributed by atoms with Crippen LogP contribution in [-0.4, -0.2) is 27.3 Å². The molecule has 1 aliphatic heterocycles. The number of aromatic nitrogens is 3.